The Morgan fingerprint density at radius 2 is 1.82 bits per heavy atom. The molecule has 0 aliphatic rings. The quantitative estimate of drug-likeness (QED) is 0.859. The zero-order valence-electron chi connectivity index (χ0n) is 9.98. The van der Waals surface area contributed by atoms with E-state index in [1.54, 1.807) is 29.6 Å². The first kappa shape index (κ1) is 12.4. The number of hydrogen-bond donors (Lipinski definition) is 1. The predicted octanol–water partition coefficient (Wildman–Crippen LogP) is 3.68. The standard InChI is InChI=1S/C12H14N2OS2/c1-7-4-11(17-3)8(5-10(7)16-2)9-6-12(13)14-15-9/h4-6H,1-3H3,(H2,13,14). The molecule has 0 saturated heterocycles. The van der Waals surface area contributed by atoms with Crippen LogP contribution in [0.25, 0.3) is 11.3 Å². The number of aromatic nitrogens is 1. The number of anilines is 1. The maximum atomic E-state index is 5.59. The Kier molecular flexibility index (Phi) is 3.69. The molecule has 0 aliphatic carbocycles. The molecule has 5 heteroatoms. The first-order valence-electron chi connectivity index (χ1n) is 5.11. The number of thioether (sulfide) groups is 2. The predicted molar refractivity (Wildman–Crippen MR) is 74.7 cm³/mol. The van der Waals surface area contributed by atoms with E-state index in [1.807, 2.05) is 0 Å². The summed E-state index contributed by atoms with van der Waals surface area (Å²) in [5.74, 6) is 1.14. The lowest BCUT2D eigenvalue weighted by Crippen LogP contribution is -1.86. The van der Waals surface area contributed by atoms with E-state index in [-0.39, 0.29) is 0 Å². The van der Waals surface area contributed by atoms with Crippen LogP contribution >= 0.6 is 23.5 Å². The minimum atomic E-state index is 0.415. The molecule has 1 aromatic heterocycles. The number of benzene rings is 1. The summed E-state index contributed by atoms with van der Waals surface area (Å²) in [6.07, 6.45) is 4.12. The Bertz CT molecular complexity index is 537. The fourth-order valence-electron chi connectivity index (χ4n) is 1.66. The summed E-state index contributed by atoms with van der Waals surface area (Å²) in [5, 5.41) is 3.73. The zero-order chi connectivity index (χ0) is 12.4. The maximum Gasteiger partial charge on any atom is 0.170 e. The smallest absolute Gasteiger partial charge is 0.170 e. The van der Waals surface area contributed by atoms with Gasteiger partial charge in [0.15, 0.2) is 11.6 Å². The van der Waals surface area contributed by atoms with E-state index in [9.17, 15) is 0 Å². The van der Waals surface area contributed by atoms with Crippen molar-refractivity contribution >= 4 is 29.3 Å². The van der Waals surface area contributed by atoms with Gasteiger partial charge in [-0.15, -0.1) is 23.5 Å². The molecule has 0 amide bonds. The monoisotopic (exact) mass is 266 g/mol. The van der Waals surface area contributed by atoms with Crippen LogP contribution < -0.4 is 5.73 Å². The van der Waals surface area contributed by atoms with Crippen molar-refractivity contribution in [2.45, 2.75) is 16.7 Å². The van der Waals surface area contributed by atoms with Crippen LogP contribution in [0.1, 0.15) is 5.56 Å². The number of aryl methyl sites for hydroxylation is 1. The van der Waals surface area contributed by atoms with Crippen LogP contribution in [-0.2, 0) is 0 Å². The van der Waals surface area contributed by atoms with E-state index in [2.05, 4.69) is 36.7 Å². The zero-order valence-corrected chi connectivity index (χ0v) is 11.6. The van der Waals surface area contributed by atoms with Crippen LogP contribution in [0.3, 0.4) is 0 Å². The lowest BCUT2D eigenvalue weighted by atomic mass is 10.1. The lowest BCUT2D eigenvalue weighted by molar-refractivity contribution is 0.435. The number of nitrogens with two attached hydrogens (primary N) is 1. The highest BCUT2D eigenvalue weighted by atomic mass is 32.2. The van der Waals surface area contributed by atoms with Crippen LogP contribution in [0.5, 0.6) is 0 Å². The van der Waals surface area contributed by atoms with E-state index < -0.39 is 0 Å². The van der Waals surface area contributed by atoms with Crippen molar-refractivity contribution in [2.24, 2.45) is 0 Å². The summed E-state index contributed by atoms with van der Waals surface area (Å²) in [6, 6.07) is 6.06. The Morgan fingerprint density at radius 3 is 2.35 bits per heavy atom. The van der Waals surface area contributed by atoms with Crippen molar-refractivity contribution in [1.29, 1.82) is 0 Å². The highest BCUT2D eigenvalue weighted by molar-refractivity contribution is 7.99. The highest BCUT2D eigenvalue weighted by Crippen LogP contribution is 2.36. The third-order valence-electron chi connectivity index (χ3n) is 2.51. The van der Waals surface area contributed by atoms with Gasteiger partial charge in [0.25, 0.3) is 0 Å². The minimum Gasteiger partial charge on any atom is -0.381 e. The molecule has 0 fully saturated rings. The van der Waals surface area contributed by atoms with Gasteiger partial charge in [0, 0.05) is 21.4 Å². The van der Waals surface area contributed by atoms with Crippen LogP contribution in [0, 0.1) is 6.92 Å². The molecule has 2 rings (SSSR count). The first-order valence-corrected chi connectivity index (χ1v) is 7.56. The van der Waals surface area contributed by atoms with Gasteiger partial charge in [-0.2, -0.15) is 0 Å². The second-order valence-electron chi connectivity index (χ2n) is 3.64. The largest absolute Gasteiger partial charge is 0.381 e. The fourth-order valence-corrected chi connectivity index (χ4v) is 2.95. The topological polar surface area (TPSA) is 52.0 Å². The molecule has 0 aliphatic heterocycles. The van der Waals surface area contributed by atoms with E-state index in [0.717, 1.165) is 11.3 Å². The van der Waals surface area contributed by atoms with Crippen LogP contribution in [-0.4, -0.2) is 17.7 Å². The van der Waals surface area contributed by atoms with Crippen molar-refractivity contribution in [3.05, 3.63) is 23.8 Å². The molecule has 17 heavy (non-hydrogen) atoms. The van der Waals surface area contributed by atoms with E-state index >= 15 is 0 Å². The Morgan fingerprint density at radius 1 is 1.12 bits per heavy atom. The third kappa shape index (κ3) is 2.45. The molecule has 1 aromatic carbocycles. The van der Waals surface area contributed by atoms with Gasteiger partial charge in [-0.05, 0) is 37.1 Å². The summed E-state index contributed by atoms with van der Waals surface area (Å²) in [6.45, 7) is 2.12. The van der Waals surface area contributed by atoms with Crippen LogP contribution in [0.15, 0.2) is 32.5 Å². The SMILES string of the molecule is CSc1cc(-c2cc(N)no2)c(SC)cc1C. The molecule has 1 heterocycles. The molecule has 0 bridgehead atoms. The van der Waals surface area contributed by atoms with E-state index in [0.29, 0.717) is 5.82 Å². The number of nitrogens with zero attached hydrogens (tertiary/aromatic N) is 1. The molecule has 0 atom stereocenters. The highest BCUT2D eigenvalue weighted by Gasteiger charge is 2.12. The van der Waals surface area contributed by atoms with Gasteiger partial charge < -0.3 is 10.3 Å². The molecular formula is C12H14N2OS2. The van der Waals surface area contributed by atoms with Gasteiger partial charge in [0.05, 0.1) is 0 Å². The molecule has 0 unspecified atom stereocenters. The van der Waals surface area contributed by atoms with Crippen LogP contribution in [0.4, 0.5) is 5.82 Å². The fraction of sp³-hybridized carbons (Fsp3) is 0.250. The molecule has 0 saturated carbocycles. The van der Waals surface area contributed by atoms with Crippen molar-refractivity contribution in [3.63, 3.8) is 0 Å². The summed E-state index contributed by atoms with van der Waals surface area (Å²) < 4.78 is 5.23. The number of rotatable bonds is 3. The average Bonchev–Trinajstić information content (AvgIpc) is 2.75. The maximum absolute atomic E-state index is 5.59. The van der Waals surface area contributed by atoms with Crippen molar-refractivity contribution in [2.75, 3.05) is 18.2 Å². The molecule has 2 aromatic rings. The molecule has 3 nitrogen and oxygen atoms in total. The number of hydrogen-bond acceptors (Lipinski definition) is 5. The first-order chi connectivity index (χ1) is 8.15. The van der Waals surface area contributed by atoms with Gasteiger partial charge >= 0.3 is 0 Å². The summed E-state index contributed by atoms with van der Waals surface area (Å²) >= 11 is 3.42. The van der Waals surface area contributed by atoms with Crippen LogP contribution in [0.2, 0.25) is 0 Å². The van der Waals surface area contributed by atoms with E-state index in [1.165, 1.54) is 15.4 Å². The summed E-state index contributed by atoms with van der Waals surface area (Å²) in [7, 11) is 0. The van der Waals surface area contributed by atoms with Crippen molar-refractivity contribution in [3.8, 4) is 11.3 Å². The van der Waals surface area contributed by atoms with Gasteiger partial charge in [-0.3, -0.25) is 0 Å². The number of nitrogen functional groups attached to an aromatic ring is 1. The van der Waals surface area contributed by atoms with Gasteiger partial charge in [-0.1, -0.05) is 5.16 Å². The summed E-state index contributed by atoms with van der Waals surface area (Å²) in [4.78, 5) is 2.42. The van der Waals surface area contributed by atoms with Gasteiger partial charge in [-0.25, -0.2) is 0 Å². The molecule has 2 N–H and O–H groups in total. The molecule has 0 spiro atoms. The van der Waals surface area contributed by atoms with Gasteiger partial charge in [0.1, 0.15) is 0 Å². The average molecular weight is 266 g/mol. The Hall–Kier alpha value is -1.07. The molecular weight excluding hydrogens is 252 g/mol. The van der Waals surface area contributed by atoms with Crippen molar-refractivity contribution in [1.82, 2.24) is 5.16 Å². The Labute approximate surface area is 109 Å². The second-order valence-corrected chi connectivity index (χ2v) is 5.33. The van der Waals surface area contributed by atoms with Gasteiger partial charge in [0.2, 0.25) is 0 Å². The third-order valence-corrected chi connectivity index (χ3v) is 4.17. The molecule has 90 valence electrons. The van der Waals surface area contributed by atoms with Crippen molar-refractivity contribution < 1.29 is 4.52 Å². The summed E-state index contributed by atoms with van der Waals surface area (Å²) in [5.41, 5.74) is 7.92. The van der Waals surface area contributed by atoms with E-state index in [4.69, 9.17) is 10.3 Å². The second kappa shape index (κ2) is 5.06. The molecule has 0 radical (unpaired) electrons. The minimum absolute atomic E-state index is 0.415. The lowest BCUT2D eigenvalue weighted by Gasteiger charge is -2.09. The normalized spacial score (nSPS) is 10.8. The Balaban J connectivity index is 2.58.